The van der Waals surface area contributed by atoms with Crippen molar-refractivity contribution in [3.63, 3.8) is 0 Å². The Morgan fingerprint density at radius 1 is 1.42 bits per heavy atom. The first-order valence-electron chi connectivity index (χ1n) is 12.4. The van der Waals surface area contributed by atoms with Crippen molar-refractivity contribution in [2.75, 3.05) is 26.3 Å². The lowest BCUT2D eigenvalue weighted by Crippen LogP contribution is -2.53. The molecule has 0 spiro atoms. The molecule has 0 amide bonds. The van der Waals surface area contributed by atoms with Gasteiger partial charge in [-0.1, -0.05) is 28.9 Å². The Labute approximate surface area is 232 Å². The van der Waals surface area contributed by atoms with Gasteiger partial charge < -0.3 is 19.9 Å². The molecule has 1 saturated heterocycles. The number of hydrogen-bond donors (Lipinski definition) is 2. The van der Waals surface area contributed by atoms with Crippen LogP contribution < -0.4 is 5.32 Å². The minimum Gasteiger partial charge on any atom is -0.481 e. The number of carbonyl (C=O) groups excluding carboxylic acids is 1. The predicted octanol–water partition coefficient (Wildman–Crippen LogP) is 4.15. The second-order valence-electron chi connectivity index (χ2n) is 9.21. The highest BCUT2D eigenvalue weighted by Crippen LogP contribution is 2.37. The number of hydrogen-bond acceptors (Lipinski definition) is 9. The first-order valence-corrected chi connectivity index (χ1v) is 14.0. The SMILES string of the molecule is CCOC(=O)C1=C(CN2CCO[C@H](C)[C@H]2CC(C)C(=O)O)NC(c2nccs2)=NC1c1ccc(F)cc1Br. The highest BCUT2D eigenvalue weighted by Gasteiger charge is 2.38. The zero-order valence-electron chi connectivity index (χ0n) is 21.3. The lowest BCUT2D eigenvalue weighted by molar-refractivity contribution is -0.143. The largest absolute Gasteiger partial charge is 0.481 e. The van der Waals surface area contributed by atoms with Gasteiger partial charge >= 0.3 is 11.9 Å². The van der Waals surface area contributed by atoms with E-state index < -0.39 is 29.7 Å². The molecule has 2 aliphatic rings. The van der Waals surface area contributed by atoms with E-state index in [1.807, 2.05) is 12.3 Å². The minimum absolute atomic E-state index is 0.170. The summed E-state index contributed by atoms with van der Waals surface area (Å²) in [5, 5.41) is 15.3. The smallest absolute Gasteiger partial charge is 0.338 e. The fraction of sp³-hybridized carbons (Fsp3) is 0.462. The summed E-state index contributed by atoms with van der Waals surface area (Å²) in [6.45, 7) is 6.84. The number of nitrogens with zero attached hydrogens (tertiary/aromatic N) is 3. The number of aliphatic imine (C=N–C) groups is 1. The van der Waals surface area contributed by atoms with E-state index in [-0.39, 0.29) is 18.8 Å². The monoisotopic (exact) mass is 608 g/mol. The van der Waals surface area contributed by atoms with Crippen molar-refractivity contribution in [2.24, 2.45) is 10.9 Å². The van der Waals surface area contributed by atoms with E-state index in [9.17, 15) is 19.1 Å². The molecule has 204 valence electrons. The van der Waals surface area contributed by atoms with E-state index in [1.54, 1.807) is 26.1 Å². The molecule has 2 N–H and O–H groups in total. The number of carboxylic acid groups (broad SMARTS) is 1. The first-order chi connectivity index (χ1) is 18.2. The van der Waals surface area contributed by atoms with E-state index >= 15 is 0 Å². The average molecular weight is 610 g/mol. The molecule has 12 heteroatoms. The summed E-state index contributed by atoms with van der Waals surface area (Å²) >= 11 is 4.84. The molecule has 1 fully saturated rings. The van der Waals surface area contributed by atoms with E-state index in [0.29, 0.717) is 58.3 Å². The second-order valence-corrected chi connectivity index (χ2v) is 11.0. The van der Waals surface area contributed by atoms with Gasteiger partial charge in [0.15, 0.2) is 10.8 Å². The number of nitrogens with one attached hydrogen (secondary N) is 1. The molecule has 4 atom stereocenters. The van der Waals surface area contributed by atoms with Gasteiger partial charge in [0.05, 0.1) is 30.8 Å². The number of aliphatic carboxylic acids is 1. The number of morpholine rings is 1. The summed E-state index contributed by atoms with van der Waals surface area (Å²) in [7, 11) is 0. The van der Waals surface area contributed by atoms with Crippen molar-refractivity contribution in [1.29, 1.82) is 0 Å². The normalized spacial score (nSPS) is 23.0. The molecule has 38 heavy (non-hydrogen) atoms. The molecule has 3 heterocycles. The highest BCUT2D eigenvalue weighted by atomic mass is 79.9. The molecule has 2 aromatic rings. The van der Waals surface area contributed by atoms with Crippen LogP contribution in [0.1, 0.15) is 43.8 Å². The Hall–Kier alpha value is -2.67. The van der Waals surface area contributed by atoms with Crippen LogP contribution in [0.2, 0.25) is 0 Å². The third-order valence-electron chi connectivity index (χ3n) is 6.66. The molecule has 0 saturated carbocycles. The lowest BCUT2D eigenvalue weighted by Gasteiger charge is -2.42. The van der Waals surface area contributed by atoms with Crippen molar-refractivity contribution < 1.29 is 28.6 Å². The number of rotatable bonds is 9. The van der Waals surface area contributed by atoms with Crippen LogP contribution in [0.25, 0.3) is 0 Å². The number of benzene rings is 1. The summed E-state index contributed by atoms with van der Waals surface area (Å²) in [6.07, 6.45) is 1.86. The topological polar surface area (TPSA) is 113 Å². The van der Waals surface area contributed by atoms with E-state index in [2.05, 4.69) is 31.1 Å². The van der Waals surface area contributed by atoms with Crippen LogP contribution in [0.4, 0.5) is 4.39 Å². The number of aromatic nitrogens is 1. The van der Waals surface area contributed by atoms with Gasteiger partial charge in [0.2, 0.25) is 0 Å². The molecule has 0 bridgehead atoms. The van der Waals surface area contributed by atoms with Gasteiger partial charge in [-0.15, -0.1) is 11.3 Å². The minimum atomic E-state index is -0.871. The van der Waals surface area contributed by atoms with Gasteiger partial charge in [0, 0.05) is 40.9 Å². The summed E-state index contributed by atoms with van der Waals surface area (Å²) in [5.74, 6) is -1.90. The van der Waals surface area contributed by atoms with E-state index in [1.165, 1.54) is 23.5 Å². The fourth-order valence-electron chi connectivity index (χ4n) is 4.70. The summed E-state index contributed by atoms with van der Waals surface area (Å²) < 4.78 is 25.8. The number of ether oxygens (including phenoxy) is 2. The number of amidine groups is 1. The summed E-state index contributed by atoms with van der Waals surface area (Å²) in [6, 6.07) is 3.30. The van der Waals surface area contributed by atoms with Crippen LogP contribution in [-0.2, 0) is 19.1 Å². The van der Waals surface area contributed by atoms with Crippen LogP contribution in [0.5, 0.6) is 0 Å². The Morgan fingerprint density at radius 2 is 2.21 bits per heavy atom. The summed E-state index contributed by atoms with van der Waals surface area (Å²) in [5.41, 5.74) is 1.49. The van der Waals surface area contributed by atoms with Crippen LogP contribution >= 0.6 is 27.3 Å². The molecule has 2 aliphatic heterocycles. The maximum absolute atomic E-state index is 14.0. The van der Waals surface area contributed by atoms with Gasteiger partial charge in [-0.2, -0.15) is 0 Å². The maximum atomic E-state index is 14.0. The van der Waals surface area contributed by atoms with Gasteiger partial charge in [0.1, 0.15) is 11.9 Å². The molecule has 4 rings (SSSR count). The van der Waals surface area contributed by atoms with Crippen molar-refractivity contribution in [2.45, 2.75) is 45.4 Å². The van der Waals surface area contributed by atoms with Gasteiger partial charge in [-0.25, -0.2) is 14.2 Å². The van der Waals surface area contributed by atoms with Crippen LogP contribution in [0.3, 0.4) is 0 Å². The third-order valence-corrected chi connectivity index (χ3v) is 8.13. The first kappa shape index (κ1) is 28.3. The summed E-state index contributed by atoms with van der Waals surface area (Å²) in [4.78, 5) is 36.4. The Bertz CT molecular complexity index is 1240. The zero-order chi connectivity index (χ0) is 27.4. The van der Waals surface area contributed by atoms with Crippen molar-refractivity contribution in [1.82, 2.24) is 15.2 Å². The van der Waals surface area contributed by atoms with Crippen molar-refractivity contribution in [3.05, 3.63) is 61.9 Å². The van der Waals surface area contributed by atoms with Crippen molar-refractivity contribution >= 4 is 45.0 Å². The van der Waals surface area contributed by atoms with Gasteiger partial charge in [0.25, 0.3) is 0 Å². The van der Waals surface area contributed by atoms with E-state index in [4.69, 9.17) is 14.5 Å². The highest BCUT2D eigenvalue weighted by molar-refractivity contribution is 9.10. The zero-order valence-corrected chi connectivity index (χ0v) is 23.7. The molecule has 1 aromatic carbocycles. The van der Waals surface area contributed by atoms with Gasteiger partial charge in [-0.05, 0) is 38.0 Å². The molecular weight excluding hydrogens is 579 g/mol. The standard InChI is InChI=1S/C26H30BrFN4O5S/c1-4-36-26(35)21-19(13-32-8-9-37-15(3)20(32)11-14(2)25(33)34)30-23(24-29-7-10-38-24)31-22(21)17-6-5-16(28)12-18(17)27/h5-7,10,12,14-15,20,22H,4,8-9,11,13H2,1-3H3,(H,30,31)(H,33,34)/t14?,15-,20-,22?/m1/s1. The Balaban J connectivity index is 1.80. The number of carbonyl (C=O) groups is 2. The Kier molecular flexibility index (Phi) is 9.29. The quantitative estimate of drug-likeness (QED) is 0.408. The third kappa shape index (κ3) is 6.31. The van der Waals surface area contributed by atoms with Crippen LogP contribution in [0, 0.1) is 11.7 Å². The molecule has 2 unspecified atom stereocenters. The lowest BCUT2D eigenvalue weighted by atomic mass is 9.93. The Morgan fingerprint density at radius 3 is 2.87 bits per heavy atom. The van der Waals surface area contributed by atoms with Crippen LogP contribution in [0.15, 0.2) is 50.5 Å². The molecule has 0 radical (unpaired) electrons. The molecule has 1 aromatic heterocycles. The second kappa shape index (κ2) is 12.5. The molecule has 9 nitrogen and oxygen atoms in total. The maximum Gasteiger partial charge on any atom is 0.338 e. The van der Waals surface area contributed by atoms with E-state index in [0.717, 1.165) is 0 Å². The number of carboxylic acids is 1. The number of halogens is 2. The molecule has 0 aliphatic carbocycles. The molecular formula is C26H30BrFN4O5S. The van der Waals surface area contributed by atoms with Gasteiger partial charge in [-0.3, -0.25) is 14.7 Å². The van der Waals surface area contributed by atoms with Crippen LogP contribution in [-0.4, -0.2) is 71.2 Å². The predicted molar refractivity (Wildman–Crippen MR) is 144 cm³/mol. The fourth-order valence-corrected chi connectivity index (χ4v) is 5.86. The average Bonchev–Trinajstić information content (AvgIpc) is 3.41. The van der Waals surface area contributed by atoms with Crippen molar-refractivity contribution in [3.8, 4) is 0 Å². The number of thiazole rings is 1. The number of esters is 1.